The van der Waals surface area contributed by atoms with Crippen LogP contribution in [0.25, 0.3) is 22.0 Å². The number of Topliss-reactive ketones (excluding diaryl/α,β-unsaturated/α-hetero) is 1. The lowest BCUT2D eigenvalue weighted by Gasteiger charge is -2.27. The van der Waals surface area contributed by atoms with Crippen LogP contribution in [0.3, 0.4) is 0 Å². The molecule has 7 rings (SSSR count). The number of amides is 2. The molecule has 1 saturated heterocycles. The zero-order valence-corrected chi connectivity index (χ0v) is 27.0. The summed E-state index contributed by atoms with van der Waals surface area (Å²) in [6.07, 6.45) is 8.50. The van der Waals surface area contributed by atoms with Crippen LogP contribution >= 0.6 is 15.9 Å². The zero-order valence-electron chi connectivity index (χ0n) is 25.4. The van der Waals surface area contributed by atoms with Crippen molar-refractivity contribution in [2.24, 2.45) is 5.41 Å². The monoisotopic (exact) mass is 685 g/mol. The Bertz CT molecular complexity index is 1890. The van der Waals surface area contributed by atoms with Gasteiger partial charge < -0.3 is 19.7 Å². The van der Waals surface area contributed by atoms with Gasteiger partial charge in [-0.2, -0.15) is 5.10 Å². The number of carbonyl (C=O) groups is 3. The fourth-order valence-corrected chi connectivity index (χ4v) is 6.81. The molecule has 1 aliphatic carbocycles. The van der Waals surface area contributed by atoms with Crippen molar-refractivity contribution >= 4 is 50.2 Å². The van der Waals surface area contributed by atoms with Crippen LogP contribution in [0.15, 0.2) is 59.5 Å². The standard InChI is InChI=1S/C33H32BrN7O5/c1-19(42)30-24-11-21(23-14-35-20(2)36-15-23)5-7-25(24)40(39-30)16-29(43)41-26-12-33(13-27(33)41)18-46-10-4-3-9-45-17-22-6-8-28(34)37-31(22)38-32(26)44/h3-8,11,14-15,26-27H,9-10,12-13,16-18H2,1-2H3,(H,37,38,44)/t26-,27?,33?/m0/s1. The summed E-state index contributed by atoms with van der Waals surface area (Å²) in [5, 5.41) is 8.18. The van der Waals surface area contributed by atoms with Crippen molar-refractivity contribution in [3.8, 4) is 11.1 Å². The smallest absolute Gasteiger partial charge is 0.248 e. The number of pyridine rings is 1. The number of aromatic nitrogens is 5. The highest BCUT2D eigenvalue weighted by Gasteiger charge is 2.67. The van der Waals surface area contributed by atoms with Crippen LogP contribution in [-0.4, -0.2) is 79.1 Å². The predicted molar refractivity (Wildman–Crippen MR) is 172 cm³/mol. The van der Waals surface area contributed by atoms with Crippen molar-refractivity contribution < 1.29 is 23.9 Å². The van der Waals surface area contributed by atoms with Crippen LogP contribution in [-0.2, 0) is 32.2 Å². The summed E-state index contributed by atoms with van der Waals surface area (Å²) in [6, 6.07) is 8.39. The van der Waals surface area contributed by atoms with Crippen LogP contribution in [0.2, 0.25) is 0 Å². The predicted octanol–water partition coefficient (Wildman–Crippen LogP) is 4.26. The molecule has 3 aliphatic rings. The molecule has 1 spiro atoms. The van der Waals surface area contributed by atoms with E-state index in [0.717, 1.165) is 23.1 Å². The lowest BCUT2D eigenvalue weighted by Crippen LogP contribution is -2.47. The average molecular weight is 687 g/mol. The largest absolute Gasteiger partial charge is 0.377 e. The Morgan fingerprint density at radius 3 is 2.63 bits per heavy atom. The first-order valence-electron chi connectivity index (χ1n) is 15.1. The molecule has 2 fully saturated rings. The number of nitrogens with zero attached hydrogens (tertiary/aromatic N) is 6. The minimum atomic E-state index is -0.729. The number of hydrogen-bond donors (Lipinski definition) is 1. The highest BCUT2D eigenvalue weighted by atomic mass is 79.9. The number of hydrogen-bond acceptors (Lipinski definition) is 9. The van der Waals surface area contributed by atoms with Gasteiger partial charge in [0.15, 0.2) is 5.78 Å². The van der Waals surface area contributed by atoms with Gasteiger partial charge in [-0.15, -0.1) is 0 Å². The molecular formula is C33H32BrN7O5. The number of halogens is 1. The fourth-order valence-electron chi connectivity index (χ4n) is 6.50. The third-order valence-electron chi connectivity index (χ3n) is 8.92. The van der Waals surface area contributed by atoms with Gasteiger partial charge in [0, 0.05) is 47.3 Å². The normalized spacial score (nSPS) is 22.8. The molecule has 13 heteroatoms. The Hall–Kier alpha value is -4.33. The number of aryl methyl sites for hydroxylation is 1. The van der Waals surface area contributed by atoms with E-state index in [1.165, 1.54) is 6.92 Å². The summed E-state index contributed by atoms with van der Waals surface area (Å²) in [6.45, 7) is 4.64. The first-order valence-corrected chi connectivity index (χ1v) is 15.9. The molecule has 2 aliphatic heterocycles. The fraction of sp³-hybridized carbons (Fsp3) is 0.364. The molecule has 46 heavy (non-hydrogen) atoms. The molecule has 5 heterocycles. The third kappa shape index (κ3) is 5.74. The van der Waals surface area contributed by atoms with Gasteiger partial charge >= 0.3 is 0 Å². The van der Waals surface area contributed by atoms with Crippen molar-refractivity contribution in [3.05, 3.63) is 76.6 Å². The van der Waals surface area contributed by atoms with Gasteiger partial charge in [-0.3, -0.25) is 19.1 Å². The number of benzene rings is 1. The molecule has 2 amide bonds. The molecule has 1 aromatic carbocycles. The molecule has 2 unspecified atom stereocenters. The van der Waals surface area contributed by atoms with Crippen molar-refractivity contribution in [1.29, 1.82) is 0 Å². The van der Waals surface area contributed by atoms with E-state index in [0.29, 0.717) is 53.4 Å². The third-order valence-corrected chi connectivity index (χ3v) is 9.36. The number of rotatable bonds is 4. The van der Waals surface area contributed by atoms with Crippen molar-refractivity contribution in [2.45, 2.75) is 51.9 Å². The number of ether oxygens (including phenoxy) is 2. The summed E-state index contributed by atoms with van der Waals surface area (Å²) < 4.78 is 13.9. The lowest BCUT2D eigenvalue weighted by molar-refractivity contribution is -0.138. The van der Waals surface area contributed by atoms with Crippen LogP contribution < -0.4 is 5.32 Å². The number of fused-ring (bicyclic) bond motifs is 3. The van der Waals surface area contributed by atoms with Gasteiger partial charge in [-0.1, -0.05) is 24.3 Å². The molecule has 1 N–H and O–H groups in total. The van der Waals surface area contributed by atoms with Crippen molar-refractivity contribution in [2.75, 3.05) is 25.1 Å². The van der Waals surface area contributed by atoms with Gasteiger partial charge in [0.25, 0.3) is 0 Å². The van der Waals surface area contributed by atoms with Crippen molar-refractivity contribution in [1.82, 2.24) is 29.6 Å². The second-order valence-electron chi connectivity index (χ2n) is 12.0. The number of nitrogens with one attached hydrogen (secondary N) is 1. The zero-order chi connectivity index (χ0) is 32.0. The molecule has 1 saturated carbocycles. The summed E-state index contributed by atoms with van der Waals surface area (Å²) in [7, 11) is 0. The van der Waals surface area contributed by atoms with E-state index < -0.39 is 6.04 Å². The Labute approximate surface area is 273 Å². The molecule has 4 aromatic rings. The first-order chi connectivity index (χ1) is 22.2. The van der Waals surface area contributed by atoms with E-state index in [1.54, 1.807) is 28.0 Å². The van der Waals surface area contributed by atoms with Crippen LogP contribution in [0.1, 0.15) is 41.6 Å². The average Bonchev–Trinajstić information content (AvgIpc) is 3.45. The van der Waals surface area contributed by atoms with Gasteiger partial charge in [0.05, 0.1) is 31.9 Å². The minimum absolute atomic E-state index is 0.134. The molecule has 12 nitrogen and oxygen atoms in total. The number of anilines is 1. The Balaban J connectivity index is 1.20. The maximum Gasteiger partial charge on any atom is 0.248 e. The molecular weight excluding hydrogens is 654 g/mol. The Morgan fingerprint density at radius 1 is 1.07 bits per heavy atom. The van der Waals surface area contributed by atoms with E-state index in [1.807, 2.05) is 43.3 Å². The number of ketones is 1. The van der Waals surface area contributed by atoms with Crippen LogP contribution in [0, 0.1) is 12.3 Å². The Morgan fingerprint density at radius 2 is 1.85 bits per heavy atom. The Kier molecular flexibility index (Phi) is 7.99. The number of piperidine rings is 1. The second-order valence-corrected chi connectivity index (χ2v) is 12.9. The van der Waals surface area contributed by atoms with Crippen LogP contribution in [0.4, 0.5) is 5.82 Å². The molecule has 3 atom stereocenters. The van der Waals surface area contributed by atoms with Gasteiger partial charge in [-0.25, -0.2) is 15.0 Å². The highest BCUT2D eigenvalue weighted by molar-refractivity contribution is 9.10. The van der Waals surface area contributed by atoms with Gasteiger partial charge in [0.2, 0.25) is 11.8 Å². The van der Waals surface area contributed by atoms with Crippen molar-refractivity contribution in [3.63, 3.8) is 0 Å². The quantitative estimate of drug-likeness (QED) is 0.189. The maximum absolute atomic E-state index is 14.2. The maximum atomic E-state index is 14.2. The molecule has 2 bridgehead atoms. The highest BCUT2D eigenvalue weighted by Crippen LogP contribution is 2.60. The van der Waals surface area contributed by atoms with E-state index in [9.17, 15) is 14.4 Å². The number of likely N-dealkylation sites (tertiary alicyclic amines) is 1. The topological polar surface area (TPSA) is 141 Å². The van der Waals surface area contributed by atoms with Gasteiger partial charge in [0.1, 0.15) is 34.5 Å². The van der Waals surface area contributed by atoms with E-state index in [4.69, 9.17) is 9.47 Å². The summed E-state index contributed by atoms with van der Waals surface area (Å²) in [4.78, 5) is 55.5. The van der Waals surface area contributed by atoms with E-state index in [-0.39, 0.29) is 47.9 Å². The summed E-state index contributed by atoms with van der Waals surface area (Å²) in [5.74, 6) is 0.254. The summed E-state index contributed by atoms with van der Waals surface area (Å²) in [5.41, 5.74) is 2.97. The second kappa shape index (κ2) is 12.1. The number of carbonyl (C=O) groups excluding carboxylic acids is 3. The first kappa shape index (κ1) is 30.3. The lowest BCUT2D eigenvalue weighted by atomic mass is 10.00. The molecule has 3 aromatic heterocycles. The summed E-state index contributed by atoms with van der Waals surface area (Å²) >= 11 is 3.40. The van der Waals surface area contributed by atoms with Crippen LogP contribution in [0.5, 0.6) is 0 Å². The SMILES string of the molecule is CC(=O)c1nn(CC(=O)N2C3CC34COCC=CCOCc3ccc(Br)nc3NC(=O)[C@@H]2C4)c2ccc(-c3cnc(C)nc3)cc12. The molecule has 0 radical (unpaired) electrons. The molecule has 236 valence electrons. The van der Waals surface area contributed by atoms with E-state index in [2.05, 4.69) is 41.3 Å². The van der Waals surface area contributed by atoms with Gasteiger partial charge in [-0.05, 0) is 59.5 Å². The van der Waals surface area contributed by atoms with E-state index >= 15 is 0 Å². The minimum Gasteiger partial charge on any atom is -0.377 e.